The molecule has 0 saturated carbocycles. The summed E-state index contributed by atoms with van der Waals surface area (Å²) in [5.74, 6) is 1.52. The van der Waals surface area contributed by atoms with Crippen LogP contribution < -0.4 is 10.1 Å². The summed E-state index contributed by atoms with van der Waals surface area (Å²) in [7, 11) is 1.76. The van der Waals surface area contributed by atoms with Gasteiger partial charge in [0.05, 0.1) is 11.3 Å². The van der Waals surface area contributed by atoms with Gasteiger partial charge in [0.25, 0.3) is 5.91 Å². The number of nitrogens with zero attached hydrogens (tertiary/aromatic N) is 3. The third-order valence-electron chi connectivity index (χ3n) is 3.82. The molecule has 0 fully saturated rings. The van der Waals surface area contributed by atoms with Crippen molar-refractivity contribution in [3.8, 4) is 5.75 Å². The molecule has 3 rings (SSSR count). The number of aromatic nitrogens is 3. The van der Waals surface area contributed by atoms with Crippen LogP contribution in [0.4, 0.5) is 5.82 Å². The lowest BCUT2D eigenvalue weighted by Gasteiger charge is -2.08. The predicted molar refractivity (Wildman–Crippen MR) is 92.6 cm³/mol. The van der Waals surface area contributed by atoms with Gasteiger partial charge in [-0.2, -0.15) is 5.10 Å². The minimum atomic E-state index is -0.359. The Morgan fingerprint density at radius 2 is 2.08 bits per heavy atom. The predicted octanol–water partition coefficient (Wildman–Crippen LogP) is 3.16. The number of rotatable bonds is 5. The average molecular weight is 340 g/mol. The molecule has 1 amide bonds. The summed E-state index contributed by atoms with van der Waals surface area (Å²) in [6.07, 6.45) is 0. The second-order valence-corrected chi connectivity index (χ2v) is 5.92. The molecule has 0 radical (unpaired) electrons. The first kappa shape index (κ1) is 16.8. The number of benzene rings is 1. The molecular weight excluding hydrogens is 320 g/mol. The topological polar surface area (TPSA) is 82.2 Å². The lowest BCUT2D eigenvalue weighted by atomic mass is 10.2. The van der Waals surface area contributed by atoms with Gasteiger partial charge in [0, 0.05) is 13.1 Å². The highest BCUT2D eigenvalue weighted by molar-refractivity contribution is 6.03. The van der Waals surface area contributed by atoms with Crippen molar-refractivity contribution in [2.45, 2.75) is 27.4 Å². The van der Waals surface area contributed by atoms with Crippen molar-refractivity contribution in [2.24, 2.45) is 7.05 Å². The highest BCUT2D eigenvalue weighted by atomic mass is 16.5. The molecule has 130 valence electrons. The Morgan fingerprint density at radius 1 is 1.28 bits per heavy atom. The number of carbonyl (C=O) groups is 1. The van der Waals surface area contributed by atoms with Crippen molar-refractivity contribution in [1.82, 2.24) is 14.9 Å². The van der Waals surface area contributed by atoms with E-state index in [9.17, 15) is 4.79 Å². The summed E-state index contributed by atoms with van der Waals surface area (Å²) in [4.78, 5) is 12.5. The van der Waals surface area contributed by atoms with E-state index in [1.807, 2.05) is 38.1 Å². The zero-order valence-electron chi connectivity index (χ0n) is 14.7. The van der Waals surface area contributed by atoms with E-state index in [0.717, 1.165) is 17.0 Å². The van der Waals surface area contributed by atoms with E-state index in [-0.39, 0.29) is 18.2 Å². The molecule has 0 unspecified atom stereocenters. The molecular formula is C18H20N4O3. The van der Waals surface area contributed by atoms with Crippen LogP contribution in [0.25, 0.3) is 0 Å². The SMILES string of the molecule is Cc1cccc(OCc2c(C(=O)Nc3cc(C)nn3C)noc2C)c1. The Labute approximate surface area is 145 Å². The third kappa shape index (κ3) is 3.71. The molecule has 0 bridgehead atoms. The Hall–Kier alpha value is -3.09. The molecule has 7 nitrogen and oxygen atoms in total. The van der Waals surface area contributed by atoms with E-state index in [1.165, 1.54) is 0 Å². The van der Waals surface area contributed by atoms with Crippen LogP contribution in [-0.4, -0.2) is 20.8 Å². The van der Waals surface area contributed by atoms with Crippen LogP contribution >= 0.6 is 0 Å². The Kier molecular flexibility index (Phi) is 4.56. The number of carbonyl (C=O) groups excluding carboxylic acids is 1. The fraction of sp³-hybridized carbons (Fsp3) is 0.278. The number of nitrogens with one attached hydrogen (secondary N) is 1. The third-order valence-corrected chi connectivity index (χ3v) is 3.82. The summed E-state index contributed by atoms with van der Waals surface area (Å²) < 4.78 is 12.6. The number of anilines is 1. The van der Waals surface area contributed by atoms with Crippen LogP contribution in [-0.2, 0) is 13.7 Å². The summed E-state index contributed by atoms with van der Waals surface area (Å²) >= 11 is 0. The smallest absolute Gasteiger partial charge is 0.279 e. The van der Waals surface area contributed by atoms with Gasteiger partial charge in [-0.05, 0) is 38.5 Å². The van der Waals surface area contributed by atoms with Crippen molar-refractivity contribution in [3.05, 3.63) is 58.6 Å². The maximum atomic E-state index is 12.5. The van der Waals surface area contributed by atoms with Gasteiger partial charge in [-0.3, -0.25) is 9.48 Å². The summed E-state index contributed by atoms with van der Waals surface area (Å²) in [5, 5.41) is 10.9. The minimum Gasteiger partial charge on any atom is -0.489 e. The summed E-state index contributed by atoms with van der Waals surface area (Å²) in [6, 6.07) is 9.50. The number of ether oxygens (including phenoxy) is 1. The molecule has 1 N–H and O–H groups in total. The van der Waals surface area contributed by atoms with Gasteiger partial charge >= 0.3 is 0 Å². The monoisotopic (exact) mass is 340 g/mol. The number of hydrogen-bond acceptors (Lipinski definition) is 5. The molecule has 0 aliphatic rings. The number of hydrogen-bond donors (Lipinski definition) is 1. The fourth-order valence-corrected chi connectivity index (χ4v) is 2.50. The van der Waals surface area contributed by atoms with Crippen LogP contribution in [0.15, 0.2) is 34.9 Å². The summed E-state index contributed by atoms with van der Waals surface area (Å²) in [5.41, 5.74) is 2.75. The Bertz CT molecular complexity index is 911. The van der Waals surface area contributed by atoms with E-state index < -0.39 is 0 Å². The second kappa shape index (κ2) is 6.80. The van der Waals surface area contributed by atoms with E-state index in [4.69, 9.17) is 9.26 Å². The average Bonchev–Trinajstić information content (AvgIpc) is 3.07. The van der Waals surface area contributed by atoms with Crippen molar-refractivity contribution >= 4 is 11.7 Å². The molecule has 1 aromatic carbocycles. The van der Waals surface area contributed by atoms with Gasteiger partial charge in [-0.1, -0.05) is 17.3 Å². The van der Waals surface area contributed by atoms with Crippen molar-refractivity contribution < 1.29 is 14.1 Å². The van der Waals surface area contributed by atoms with Crippen molar-refractivity contribution in [1.29, 1.82) is 0 Å². The van der Waals surface area contributed by atoms with Crippen molar-refractivity contribution in [3.63, 3.8) is 0 Å². The van der Waals surface area contributed by atoms with E-state index in [1.54, 1.807) is 24.7 Å². The first-order chi connectivity index (χ1) is 11.9. The van der Waals surface area contributed by atoms with Gasteiger partial charge < -0.3 is 14.6 Å². The lowest BCUT2D eigenvalue weighted by molar-refractivity contribution is 0.101. The lowest BCUT2D eigenvalue weighted by Crippen LogP contribution is -2.17. The van der Waals surface area contributed by atoms with Gasteiger partial charge in [0.15, 0.2) is 5.69 Å². The molecule has 0 aliphatic heterocycles. The van der Waals surface area contributed by atoms with Gasteiger partial charge in [0.1, 0.15) is 23.9 Å². The molecule has 0 spiro atoms. The molecule has 0 saturated heterocycles. The quantitative estimate of drug-likeness (QED) is 0.771. The molecule has 0 aliphatic carbocycles. The molecule has 25 heavy (non-hydrogen) atoms. The first-order valence-electron chi connectivity index (χ1n) is 7.90. The summed E-state index contributed by atoms with van der Waals surface area (Å²) in [6.45, 7) is 5.81. The van der Waals surface area contributed by atoms with Crippen LogP contribution in [0.5, 0.6) is 5.75 Å². The van der Waals surface area contributed by atoms with Crippen LogP contribution in [0.2, 0.25) is 0 Å². The van der Waals surface area contributed by atoms with Crippen LogP contribution in [0.3, 0.4) is 0 Å². The largest absolute Gasteiger partial charge is 0.489 e. The Balaban J connectivity index is 1.76. The zero-order valence-corrected chi connectivity index (χ0v) is 14.7. The fourth-order valence-electron chi connectivity index (χ4n) is 2.50. The number of aryl methyl sites for hydroxylation is 4. The van der Waals surface area contributed by atoms with E-state index >= 15 is 0 Å². The molecule has 7 heteroatoms. The van der Waals surface area contributed by atoms with E-state index in [2.05, 4.69) is 15.6 Å². The molecule has 3 aromatic rings. The maximum Gasteiger partial charge on any atom is 0.279 e. The van der Waals surface area contributed by atoms with Gasteiger partial charge in [0.2, 0.25) is 0 Å². The number of amides is 1. The normalized spacial score (nSPS) is 10.7. The minimum absolute atomic E-state index is 0.200. The Morgan fingerprint density at radius 3 is 2.76 bits per heavy atom. The standard InChI is InChI=1S/C18H20N4O3/c1-11-6-5-7-14(8-11)24-10-15-13(3)25-21-17(15)18(23)19-16-9-12(2)20-22(16)4/h5-9H,10H2,1-4H3,(H,19,23). The maximum absolute atomic E-state index is 12.5. The van der Waals surface area contributed by atoms with Crippen molar-refractivity contribution in [2.75, 3.05) is 5.32 Å². The van der Waals surface area contributed by atoms with E-state index in [0.29, 0.717) is 17.1 Å². The highest BCUT2D eigenvalue weighted by Gasteiger charge is 2.21. The second-order valence-electron chi connectivity index (χ2n) is 5.92. The van der Waals surface area contributed by atoms with Gasteiger partial charge in [-0.25, -0.2) is 0 Å². The van der Waals surface area contributed by atoms with Crippen LogP contribution in [0, 0.1) is 20.8 Å². The van der Waals surface area contributed by atoms with Gasteiger partial charge in [-0.15, -0.1) is 0 Å². The first-order valence-corrected chi connectivity index (χ1v) is 7.90. The molecule has 0 atom stereocenters. The zero-order chi connectivity index (χ0) is 18.0. The molecule has 2 heterocycles. The molecule has 2 aromatic heterocycles. The van der Waals surface area contributed by atoms with Crippen LogP contribution in [0.1, 0.15) is 33.1 Å². The highest BCUT2D eigenvalue weighted by Crippen LogP contribution is 2.20.